The fourth-order valence-corrected chi connectivity index (χ4v) is 3.77. The zero-order valence-corrected chi connectivity index (χ0v) is 17.9. The van der Waals surface area contributed by atoms with Crippen LogP contribution in [0, 0.1) is 0 Å². The van der Waals surface area contributed by atoms with Crippen molar-refractivity contribution >= 4 is 5.97 Å². The SMILES string of the molecule is CCCCCc1cc(O)cc(O)c1Oc1cc(OC)cc2c1C(=O)OC2CCCC. The average Bonchev–Trinajstić information content (AvgIpc) is 3.04. The van der Waals surface area contributed by atoms with Crippen molar-refractivity contribution in [1.82, 2.24) is 0 Å². The van der Waals surface area contributed by atoms with E-state index in [1.54, 1.807) is 19.2 Å². The quantitative estimate of drug-likeness (QED) is 0.364. The Bertz CT molecular complexity index is 905. The standard InChI is InChI=1S/C24H30O6/c1-4-6-8-9-15-11-16(25)12-19(26)23(15)29-21-14-17(28-3)13-18-20(10-7-5-2)30-24(27)22(18)21/h11-14,20,25-26H,4-10H2,1-3H3. The first-order chi connectivity index (χ1) is 14.5. The summed E-state index contributed by atoms with van der Waals surface area (Å²) in [6.45, 7) is 4.20. The number of aryl methyl sites for hydroxylation is 1. The third-order valence-electron chi connectivity index (χ3n) is 5.35. The predicted octanol–water partition coefficient (Wildman–Crippen LogP) is 6.03. The maximum atomic E-state index is 12.6. The third-order valence-corrected chi connectivity index (χ3v) is 5.35. The highest BCUT2D eigenvalue weighted by molar-refractivity contribution is 5.97. The van der Waals surface area contributed by atoms with Crippen LogP contribution < -0.4 is 9.47 Å². The number of hydrogen-bond acceptors (Lipinski definition) is 6. The summed E-state index contributed by atoms with van der Waals surface area (Å²) >= 11 is 0. The lowest BCUT2D eigenvalue weighted by molar-refractivity contribution is 0.0363. The second-order valence-electron chi connectivity index (χ2n) is 7.64. The molecule has 30 heavy (non-hydrogen) atoms. The largest absolute Gasteiger partial charge is 0.508 e. The first kappa shape index (κ1) is 21.8. The van der Waals surface area contributed by atoms with Crippen LogP contribution in [0.2, 0.25) is 0 Å². The van der Waals surface area contributed by atoms with Crippen molar-refractivity contribution in [3.05, 3.63) is 41.0 Å². The van der Waals surface area contributed by atoms with Crippen molar-refractivity contribution in [3.8, 4) is 28.7 Å². The number of carbonyl (C=O) groups is 1. The number of unbranched alkanes of at least 4 members (excludes halogenated alkanes) is 3. The lowest BCUT2D eigenvalue weighted by Crippen LogP contribution is -2.01. The van der Waals surface area contributed by atoms with Crippen LogP contribution in [0.1, 0.15) is 80.0 Å². The molecule has 0 radical (unpaired) electrons. The molecule has 2 aromatic carbocycles. The van der Waals surface area contributed by atoms with Crippen molar-refractivity contribution < 1.29 is 29.2 Å². The molecule has 0 amide bonds. The lowest BCUT2D eigenvalue weighted by atomic mass is 9.99. The molecule has 0 saturated heterocycles. The molecule has 0 bridgehead atoms. The van der Waals surface area contributed by atoms with Crippen LogP contribution in [0.15, 0.2) is 24.3 Å². The first-order valence-corrected chi connectivity index (χ1v) is 10.6. The molecule has 1 atom stereocenters. The predicted molar refractivity (Wildman–Crippen MR) is 114 cm³/mol. The number of cyclic esters (lactones) is 1. The van der Waals surface area contributed by atoms with Gasteiger partial charge >= 0.3 is 5.97 Å². The molecule has 1 unspecified atom stereocenters. The summed E-state index contributed by atoms with van der Waals surface area (Å²) in [5, 5.41) is 20.4. The number of fused-ring (bicyclic) bond motifs is 1. The molecule has 2 N–H and O–H groups in total. The molecular weight excluding hydrogens is 384 g/mol. The van der Waals surface area contributed by atoms with Gasteiger partial charge in [-0.2, -0.15) is 0 Å². The van der Waals surface area contributed by atoms with Gasteiger partial charge in [-0.1, -0.05) is 33.1 Å². The van der Waals surface area contributed by atoms with Gasteiger partial charge in [-0.15, -0.1) is 0 Å². The van der Waals surface area contributed by atoms with E-state index in [2.05, 4.69) is 13.8 Å². The van der Waals surface area contributed by atoms with Crippen LogP contribution in [0.4, 0.5) is 0 Å². The molecule has 1 aliphatic heterocycles. The van der Waals surface area contributed by atoms with E-state index in [0.29, 0.717) is 23.3 Å². The molecule has 0 fully saturated rings. The summed E-state index contributed by atoms with van der Waals surface area (Å²) in [7, 11) is 1.55. The molecule has 0 aliphatic carbocycles. The summed E-state index contributed by atoms with van der Waals surface area (Å²) in [5.74, 6) is 0.437. The minimum atomic E-state index is -0.436. The molecular formula is C24H30O6. The summed E-state index contributed by atoms with van der Waals surface area (Å²) in [6.07, 6.45) is 5.94. The average molecular weight is 414 g/mol. The van der Waals surface area contributed by atoms with Crippen molar-refractivity contribution in [2.45, 2.75) is 64.9 Å². The van der Waals surface area contributed by atoms with Gasteiger partial charge in [-0.3, -0.25) is 0 Å². The molecule has 162 valence electrons. The van der Waals surface area contributed by atoms with Gasteiger partial charge in [0, 0.05) is 23.3 Å². The summed E-state index contributed by atoms with van der Waals surface area (Å²) in [6, 6.07) is 6.27. The second kappa shape index (κ2) is 9.74. The Morgan fingerprint density at radius 2 is 1.80 bits per heavy atom. The molecule has 6 heteroatoms. The molecule has 2 aromatic rings. The number of phenolic OH excluding ortho intramolecular Hbond substituents is 2. The van der Waals surface area contributed by atoms with Gasteiger partial charge in [-0.25, -0.2) is 4.79 Å². The molecule has 6 nitrogen and oxygen atoms in total. The maximum absolute atomic E-state index is 12.6. The fraction of sp³-hybridized carbons (Fsp3) is 0.458. The second-order valence-corrected chi connectivity index (χ2v) is 7.64. The van der Waals surface area contributed by atoms with Gasteiger partial charge in [0.25, 0.3) is 0 Å². The maximum Gasteiger partial charge on any atom is 0.342 e. The minimum absolute atomic E-state index is 0.0266. The van der Waals surface area contributed by atoms with Gasteiger partial charge in [-0.05, 0) is 37.8 Å². The van der Waals surface area contributed by atoms with Crippen molar-refractivity contribution in [1.29, 1.82) is 0 Å². The molecule has 1 aliphatic rings. The van der Waals surface area contributed by atoms with E-state index >= 15 is 0 Å². The molecule has 0 spiro atoms. The van der Waals surface area contributed by atoms with Gasteiger partial charge < -0.3 is 24.4 Å². The van der Waals surface area contributed by atoms with E-state index in [1.807, 2.05) is 6.07 Å². The normalized spacial score (nSPS) is 15.0. The number of aromatic hydroxyl groups is 2. The summed E-state index contributed by atoms with van der Waals surface area (Å²) < 4.78 is 17.1. The number of ether oxygens (including phenoxy) is 3. The Kier molecular flexibility index (Phi) is 7.08. The van der Waals surface area contributed by atoms with Crippen LogP contribution >= 0.6 is 0 Å². The van der Waals surface area contributed by atoms with Crippen molar-refractivity contribution in [3.63, 3.8) is 0 Å². The number of phenols is 2. The lowest BCUT2D eigenvalue weighted by Gasteiger charge is -2.16. The van der Waals surface area contributed by atoms with E-state index < -0.39 is 5.97 Å². The van der Waals surface area contributed by atoms with Crippen LogP contribution in [0.5, 0.6) is 28.7 Å². The number of carbonyl (C=O) groups excluding carboxylic acids is 1. The topological polar surface area (TPSA) is 85.2 Å². The highest BCUT2D eigenvalue weighted by atomic mass is 16.6. The van der Waals surface area contributed by atoms with E-state index in [0.717, 1.165) is 44.1 Å². The van der Waals surface area contributed by atoms with Crippen molar-refractivity contribution in [2.75, 3.05) is 7.11 Å². The fourth-order valence-electron chi connectivity index (χ4n) is 3.77. The molecule has 0 aromatic heterocycles. The van der Waals surface area contributed by atoms with Crippen LogP contribution in [-0.4, -0.2) is 23.3 Å². The Morgan fingerprint density at radius 3 is 2.50 bits per heavy atom. The van der Waals surface area contributed by atoms with Crippen LogP contribution in [-0.2, 0) is 11.2 Å². The van der Waals surface area contributed by atoms with Gasteiger partial charge in [0.15, 0.2) is 11.5 Å². The monoisotopic (exact) mass is 414 g/mol. The van der Waals surface area contributed by atoms with Crippen LogP contribution in [0.25, 0.3) is 0 Å². The number of hydrogen-bond donors (Lipinski definition) is 2. The highest BCUT2D eigenvalue weighted by Crippen LogP contribution is 2.45. The Morgan fingerprint density at radius 1 is 1.03 bits per heavy atom. The van der Waals surface area contributed by atoms with E-state index in [4.69, 9.17) is 14.2 Å². The zero-order valence-electron chi connectivity index (χ0n) is 17.9. The molecule has 3 rings (SSSR count). The Hall–Kier alpha value is -2.89. The summed E-state index contributed by atoms with van der Waals surface area (Å²) in [5.41, 5.74) is 1.80. The van der Waals surface area contributed by atoms with Gasteiger partial charge in [0.05, 0.1) is 7.11 Å². The number of benzene rings is 2. The van der Waals surface area contributed by atoms with Crippen molar-refractivity contribution in [2.24, 2.45) is 0 Å². The van der Waals surface area contributed by atoms with Crippen LogP contribution in [0.3, 0.4) is 0 Å². The van der Waals surface area contributed by atoms with Gasteiger partial charge in [0.1, 0.15) is 28.9 Å². The zero-order chi connectivity index (χ0) is 21.7. The number of rotatable bonds is 10. The Balaban J connectivity index is 2.01. The minimum Gasteiger partial charge on any atom is -0.508 e. The highest BCUT2D eigenvalue weighted by Gasteiger charge is 2.35. The molecule has 0 saturated carbocycles. The molecule has 1 heterocycles. The number of methoxy groups -OCH3 is 1. The summed E-state index contributed by atoms with van der Waals surface area (Å²) in [4.78, 5) is 12.6. The number of esters is 1. The smallest absolute Gasteiger partial charge is 0.342 e. The first-order valence-electron chi connectivity index (χ1n) is 10.6. The Labute approximate surface area is 177 Å². The van der Waals surface area contributed by atoms with Gasteiger partial charge in [0.2, 0.25) is 0 Å². The van der Waals surface area contributed by atoms with E-state index in [1.165, 1.54) is 6.07 Å². The third kappa shape index (κ3) is 4.64. The van der Waals surface area contributed by atoms with E-state index in [9.17, 15) is 15.0 Å². The van der Waals surface area contributed by atoms with E-state index in [-0.39, 0.29) is 29.1 Å².